The van der Waals surface area contributed by atoms with Crippen LogP contribution in [0, 0.1) is 5.92 Å². The molecule has 24 heavy (non-hydrogen) atoms. The first-order chi connectivity index (χ1) is 11.7. The van der Waals surface area contributed by atoms with Crippen molar-refractivity contribution in [2.75, 3.05) is 5.32 Å². The molecule has 3 aromatic rings. The van der Waals surface area contributed by atoms with Gasteiger partial charge in [0.1, 0.15) is 11.6 Å². The molecule has 1 aliphatic carbocycles. The number of nitrogens with zero attached hydrogens (tertiary/aromatic N) is 3. The Kier molecular flexibility index (Phi) is 3.76. The SMILES string of the molecule is CC(Nc1cccc2nc(CC(=O)C3CC3)nn12)c1ccccc1. The molecule has 1 aliphatic rings. The Morgan fingerprint density at radius 2 is 2.00 bits per heavy atom. The van der Waals surface area contributed by atoms with E-state index in [1.165, 1.54) is 5.56 Å². The first kappa shape index (κ1) is 14.9. The maximum Gasteiger partial charge on any atom is 0.159 e. The first-order valence-electron chi connectivity index (χ1n) is 8.39. The van der Waals surface area contributed by atoms with Crippen molar-refractivity contribution >= 4 is 17.2 Å². The molecule has 0 aliphatic heterocycles. The van der Waals surface area contributed by atoms with Crippen LogP contribution in [0.5, 0.6) is 0 Å². The lowest BCUT2D eigenvalue weighted by Crippen LogP contribution is -2.10. The van der Waals surface area contributed by atoms with Crippen molar-refractivity contribution in [3.63, 3.8) is 0 Å². The van der Waals surface area contributed by atoms with E-state index in [0.29, 0.717) is 12.2 Å². The highest BCUT2D eigenvalue weighted by Gasteiger charge is 2.30. The molecule has 2 aromatic heterocycles. The van der Waals surface area contributed by atoms with Crippen LogP contribution in [0.25, 0.3) is 5.65 Å². The lowest BCUT2D eigenvalue weighted by Gasteiger charge is -2.16. The average molecular weight is 320 g/mol. The molecule has 1 saturated carbocycles. The highest BCUT2D eigenvalue weighted by molar-refractivity contribution is 5.84. The molecule has 4 rings (SSSR count). The van der Waals surface area contributed by atoms with Crippen molar-refractivity contribution in [2.45, 2.75) is 32.2 Å². The quantitative estimate of drug-likeness (QED) is 0.756. The summed E-state index contributed by atoms with van der Waals surface area (Å²) in [6.45, 7) is 2.11. The second-order valence-corrected chi connectivity index (χ2v) is 6.40. The highest BCUT2D eigenvalue weighted by Crippen LogP contribution is 2.30. The molecule has 1 aromatic carbocycles. The van der Waals surface area contributed by atoms with Crippen molar-refractivity contribution < 1.29 is 4.79 Å². The number of carbonyl (C=O) groups excluding carboxylic acids is 1. The Morgan fingerprint density at radius 3 is 2.75 bits per heavy atom. The van der Waals surface area contributed by atoms with E-state index in [1.54, 1.807) is 4.52 Å². The Bertz CT molecular complexity index is 867. The zero-order valence-corrected chi connectivity index (χ0v) is 13.6. The van der Waals surface area contributed by atoms with Crippen LogP contribution >= 0.6 is 0 Å². The Balaban J connectivity index is 1.58. The van der Waals surface area contributed by atoms with E-state index < -0.39 is 0 Å². The van der Waals surface area contributed by atoms with Gasteiger partial charge in [-0.15, -0.1) is 5.10 Å². The summed E-state index contributed by atoms with van der Waals surface area (Å²) in [6, 6.07) is 16.3. The summed E-state index contributed by atoms with van der Waals surface area (Å²) in [5.41, 5.74) is 1.97. The standard InChI is InChI=1S/C19H20N4O/c1-13(14-6-3-2-4-7-14)20-18-8-5-9-19-21-17(22-23(18)19)12-16(24)15-10-11-15/h2-9,13,15,20H,10-12H2,1H3. The molecule has 0 spiro atoms. The lowest BCUT2D eigenvalue weighted by molar-refractivity contribution is -0.119. The Hall–Kier alpha value is -2.69. The highest BCUT2D eigenvalue weighted by atomic mass is 16.1. The van der Waals surface area contributed by atoms with Gasteiger partial charge in [0.05, 0.1) is 6.42 Å². The van der Waals surface area contributed by atoms with E-state index in [2.05, 4.69) is 34.5 Å². The van der Waals surface area contributed by atoms with Gasteiger partial charge >= 0.3 is 0 Å². The summed E-state index contributed by atoms with van der Waals surface area (Å²) >= 11 is 0. The third-order valence-corrected chi connectivity index (χ3v) is 4.43. The fourth-order valence-corrected chi connectivity index (χ4v) is 2.89. The third-order valence-electron chi connectivity index (χ3n) is 4.43. The van der Waals surface area contributed by atoms with Gasteiger partial charge in [0.15, 0.2) is 11.5 Å². The van der Waals surface area contributed by atoms with Crippen molar-refractivity contribution in [1.82, 2.24) is 14.6 Å². The number of hydrogen-bond acceptors (Lipinski definition) is 4. The van der Waals surface area contributed by atoms with E-state index >= 15 is 0 Å². The molecule has 5 heteroatoms. The Morgan fingerprint density at radius 1 is 1.21 bits per heavy atom. The van der Waals surface area contributed by atoms with Crippen molar-refractivity contribution in [1.29, 1.82) is 0 Å². The number of ketones is 1. The predicted octanol–water partition coefficient (Wildman–Crippen LogP) is 3.42. The number of hydrogen-bond donors (Lipinski definition) is 1. The zero-order chi connectivity index (χ0) is 16.5. The van der Waals surface area contributed by atoms with Crippen LogP contribution in [0.1, 0.15) is 37.2 Å². The maximum atomic E-state index is 12.0. The number of Topliss-reactive ketones (excluding diaryl/α,β-unsaturated/α-hetero) is 1. The molecule has 1 atom stereocenters. The van der Waals surface area contributed by atoms with Gasteiger partial charge in [-0.25, -0.2) is 4.98 Å². The molecule has 1 N–H and O–H groups in total. The molecule has 5 nitrogen and oxygen atoms in total. The smallest absolute Gasteiger partial charge is 0.159 e. The topological polar surface area (TPSA) is 59.3 Å². The minimum atomic E-state index is 0.151. The van der Waals surface area contributed by atoms with Gasteiger partial charge < -0.3 is 5.32 Å². The molecule has 122 valence electrons. The van der Waals surface area contributed by atoms with Gasteiger partial charge in [0.25, 0.3) is 0 Å². The lowest BCUT2D eigenvalue weighted by atomic mass is 10.1. The number of fused-ring (bicyclic) bond motifs is 1. The number of pyridine rings is 1. The van der Waals surface area contributed by atoms with Crippen molar-refractivity contribution in [3.8, 4) is 0 Å². The predicted molar refractivity (Wildman–Crippen MR) is 92.9 cm³/mol. The minimum Gasteiger partial charge on any atom is -0.363 e. The summed E-state index contributed by atoms with van der Waals surface area (Å²) in [5, 5.41) is 8.01. The van der Waals surface area contributed by atoms with Crippen molar-refractivity contribution in [2.24, 2.45) is 5.92 Å². The number of carbonyl (C=O) groups is 1. The second kappa shape index (κ2) is 6.07. The van der Waals surface area contributed by atoms with Crippen LogP contribution in [-0.2, 0) is 11.2 Å². The van der Waals surface area contributed by atoms with Gasteiger partial charge in [-0.1, -0.05) is 36.4 Å². The van der Waals surface area contributed by atoms with Crippen LogP contribution in [0.15, 0.2) is 48.5 Å². The van der Waals surface area contributed by atoms with Crippen LogP contribution in [-0.4, -0.2) is 20.4 Å². The normalized spacial score (nSPS) is 15.4. The molecule has 1 unspecified atom stereocenters. The number of benzene rings is 1. The van der Waals surface area contributed by atoms with E-state index in [9.17, 15) is 4.79 Å². The summed E-state index contributed by atoms with van der Waals surface area (Å²) in [5.74, 6) is 1.99. The summed E-state index contributed by atoms with van der Waals surface area (Å²) in [7, 11) is 0. The van der Waals surface area contributed by atoms with Gasteiger partial charge in [0, 0.05) is 12.0 Å². The van der Waals surface area contributed by atoms with E-state index in [1.807, 2.05) is 36.4 Å². The van der Waals surface area contributed by atoms with Gasteiger partial charge in [0.2, 0.25) is 0 Å². The Labute approximate surface area is 140 Å². The number of rotatable bonds is 6. The van der Waals surface area contributed by atoms with Gasteiger partial charge in [-0.05, 0) is 37.5 Å². The molecular formula is C19H20N4O. The molecule has 0 saturated heterocycles. The first-order valence-corrected chi connectivity index (χ1v) is 8.39. The zero-order valence-electron chi connectivity index (χ0n) is 13.6. The summed E-state index contributed by atoms with van der Waals surface area (Å²) in [4.78, 5) is 16.5. The summed E-state index contributed by atoms with van der Waals surface area (Å²) < 4.78 is 1.79. The number of aromatic nitrogens is 3. The second-order valence-electron chi connectivity index (χ2n) is 6.40. The minimum absolute atomic E-state index is 0.151. The molecule has 0 radical (unpaired) electrons. The van der Waals surface area contributed by atoms with Crippen LogP contribution in [0.3, 0.4) is 0 Å². The fourth-order valence-electron chi connectivity index (χ4n) is 2.89. The largest absolute Gasteiger partial charge is 0.363 e. The third kappa shape index (κ3) is 3.02. The van der Waals surface area contributed by atoms with Crippen molar-refractivity contribution in [3.05, 3.63) is 59.9 Å². The summed E-state index contributed by atoms with van der Waals surface area (Å²) in [6.07, 6.45) is 2.38. The molecule has 0 bridgehead atoms. The van der Waals surface area contributed by atoms with E-state index in [0.717, 1.165) is 24.3 Å². The van der Waals surface area contributed by atoms with E-state index in [4.69, 9.17) is 0 Å². The maximum absolute atomic E-state index is 12.0. The number of nitrogens with one attached hydrogen (secondary N) is 1. The fraction of sp³-hybridized carbons (Fsp3) is 0.316. The van der Waals surface area contributed by atoms with Gasteiger partial charge in [-0.2, -0.15) is 4.52 Å². The molecule has 2 heterocycles. The molecule has 0 amide bonds. The molecule has 1 fully saturated rings. The van der Waals surface area contributed by atoms with Crippen LogP contribution in [0.2, 0.25) is 0 Å². The van der Waals surface area contributed by atoms with E-state index in [-0.39, 0.29) is 17.7 Å². The molecular weight excluding hydrogens is 300 g/mol. The van der Waals surface area contributed by atoms with Crippen LogP contribution < -0.4 is 5.32 Å². The monoisotopic (exact) mass is 320 g/mol. The average Bonchev–Trinajstić information content (AvgIpc) is 3.37. The van der Waals surface area contributed by atoms with Gasteiger partial charge in [-0.3, -0.25) is 4.79 Å². The van der Waals surface area contributed by atoms with Crippen LogP contribution in [0.4, 0.5) is 5.82 Å². The number of anilines is 1.